The fraction of sp³-hybridized carbons (Fsp3) is 0.316. The van der Waals surface area contributed by atoms with Crippen molar-refractivity contribution >= 4 is 12.0 Å². The molecule has 0 spiro atoms. The number of rotatable bonds is 5. The molecule has 2 rings (SSSR count). The van der Waals surface area contributed by atoms with Crippen LogP contribution in [0.5, 0.6) is 0 Å². The minimum Gasteiger partial charge on any atom is -0.465 e. The predicted molar refractivity (Wildman–Crippen MR) is 90.1 cm³/mol. The van der Waals surface area contributed by atoms with Gasteiger partial charge in [-0.05, 0) is 36.0 Å². The molecule has 0 fully saturated rings. The van der Waals surface area contributed by atoms with Gasteiger partial charge in [0.05, 0.1) is 12.7 Å². The average molecular weight is 297 g/mol. The highest BCUT2D eigenvalue weighted by Crippen LogP contribution is 2.33. The molecule has 3 heteroatoms. The van der Waals surface area contributed by atoms with Gasteiger partial charge in [-0.2, -0.15) is 0 Å². The van der Waals surface area contributed by atoms with E-state index in [0.29, 0.717) is 5.57 Å². The summed E-state index contributed by atoms with van der Waals surface area (Å²) in [7, 11) is 5.26. The van der Waals surface area contributed by atoms with E-state index in [9.17, 15) is 4.79 Å². The van der Waals surface area contributed by atoms with Crippen molar-refractivity contribution in [3.05, 3.63) is 64.9 Å². The molecule has 1 aromatic carbocycles. The molecular formula is C19H23NO2. The first kappa shape index (κ1) is 16.1. The van der Waals surface area contributed by atoms with Crippen molar-refractivity contribution in [1.82, 2.24) is 4.90 Å². The standard InChI is InChI=1S/C19H23NO2/c1-20(2)14-18(19(21)22-3)17-11-7-10-16(17)13-12-15-8-5-4-6-9-15/h4-6,8-9,12-14H,7,10-11H2,1-3H3/b13-12+,18-14+. The van der Waals surface area contributed by atoms with Crippen LogP contribution in [0.4, 0.5) is 0 Å². The number of carbonyl (C=O) groups is 1. The molecule has 116 valence electrons. The zero-order valence-electron chi connectivity index (χ0n) is 13.5. The van der Waals surface area contributed by atoms with Crippen LogP contribution in [0.3, 0.4) is 0 Å². The Morgan fingerprint density at radius 3 is 2.50 bits per heavy atom. The minimum absolute atomic E-state index is 0.267. The van der Waals surface area contributed by atoms with Crippen LogP contribution >= 0.6 is 0 Å². The molecule has 22 heavy (non-hydrogen) atoms. The average Bonchev–Trinajstić information content (AvgIpc) is 2.99. The fourth-order valence-corrected chi connectivity index (χ4v) is 2.64. The van der Waals surface area contributed by atoms with Gasteiger partial charge in [-0.25, -0.2) is 4.79 Å². The van der Waals surface area contributed by atoms with E-state index in [1.807, 2.05) is 43.4 Å². The Bertz CT molecular complexity index is 610. The van der Waals surface area contributed by atoms with Gasteiger partial charge in [-0.3, -0.25) is 0 Å². The van der Waals surface area contributed by atoms with Crippen molar-refractivity contribution < 1.29 is 9.53 Å². The van der Waals surface area contributed by atoms with Gasteiger partial charge in [0.15, 0.2) is 0 Å². The minimum atomic E-state index is -0.267. The first-order valence-corrected chi connectivity index (χ1v) is 7.54. The summed E-state index contributed by atoms with van der Waals surface area (Å²) in [5.74, 6) is -0.267. The maximum Gasteiger partial charge on any atom is 0.339 e. The second kappa shape index (κ2) is 7.64. The van der Waals surface area contributed by atoms with E-state index >= 15 is 0 Å². The number of esters is 1. The van der Waals surface area contributed by atoms with E-state index < -0.39 is 0 Å². The SMILES string of the molecule is COC(=O)/C(=C/N(C)C)C1=C(/C=C/c2ccccc2)CCC1. The molecule has 0 atom stereocenters. The van der Waals surface area contributed by atoms with Gasteiger partial charge in [0, 0.05) is 20.3 Å². The van der Waals surface area contributed by atoms with Gasteiger partial charge in [0.1, 0.15) is 0 Å². The predicted octanol–water partition coefficient (Wildman–Crippen LogP) is 3.80. The first-order valence-electron chi connectivity index (χ1n) is 7.54. The largest absolute Gasteiger partial charge is 0.465 e. The van der Waals surface area contributed by atoms with Gasteiger partial charge >= 0.3 is 5.97 Å². The molecule has 0 radical (unpaired) electrons. The molecule has 0 saturated heterocycles. The summed E-state index contributed by atoms with van der Waals surface area (Å²) in [6, 6.07) is 10.2. The Balaban J connectivity index is 2.33. The third kappa shape index (κ3) is 4.10. The maximum absolute atomic E-state index is 12.1. The molecule has 1 aliphatic rings. The van der Waals surface area contributed by atoms with Crippen molar-refractivity contribution in [3.8, 4) is 0 Å². The molecule has 3 nitrogen and oxygen atoms in total. The molecule has 0 amide bonds. The summed E-state index contributed by atoms with van der Waals surface area (Å²) in [6.07, 6.45) is 9.08. The molecule has 0 heterocycles. The molecule has 0 bridgehead atoms. The number of hydrogen-bond donors (Lipinski definition) is 0. The molecule has 0 N–H and O–H groups in total. The van der Waals surface area contributed by atoms with E-state index in [4.69, 9.17) is 4.74 Å². The highest BCUT2D eigenvalue weighted by Gasteiger charge is 2.22. The van der Waals surface area contributed by atoms with Gasteiger partial charge in [0.2, 0.25) is 0 Å². The maximum atomic E-state index is 12.1. The Morgan fingerprint density at radius 2 is 1.86 bits per heavy atom. The number of hydrogen-bond acceptors (Lipinski definition) is 3. The molecular weight excluding hydrogens is 274 g/mol. The fourth-order valence-electron chi connectivity index (χ4n) is 2.64. The molecule has 0 unspecified atom stereocenters. The van der Waals surface area contributed by atoms with Crippen LogP contribution in [0.2, 0.25) is 0 Å². The number of benzene rings is 1. The number of carbonyl (C=O) groups excluding carboxylic acids is 1. The zero-order valence-corrected chi connectivity index (χ0v) is 13.5. The Labute approximate surface area is 132 Å². The Kier molecular flexibility index (Phi) is 5.59. The van der Waals surface area contributed by atoms with Crippen molar-refractivity contribution in [2.75, 3.05) is 21.2 Å². The van der Waals surface area contributed by atoms with Crippen molar-refractivity contribution in [1.29, 1.82) is 0 Å². The lowest BCUT2D eigenvalue weighted by Gasteiger charge is -2.12. The molecule has 1 aliphatic carbocycles. The number of ether oxygens (including phenoxy) is 1. The first-order chi connectivity index (χ1) is 10.6. The van der Waals surface area contributed by atoms with E-state index in [0.717, 1.165) is 30.4 Å². The summed E-state index contributed by atoms with van der Waals surface area (Å²) in [6.45, 7) is 0. The lowest BCUT2D eigenvalue weighted by Crippen LogP contribution is -2.12. The van der Waals surface area contributed by atoms with Gasteiger partial charge < -0.3 is 9.64 Å². The van der Waals surface area contributed by atoms with Gasteiger partial charge in [0.25, 0.3) is 0 Å². The number of allylic oxidation sites excluding steroid dienone is 2. The van der Waals surface area contributed by atoms with E-state index in [1.165, 1.54) is 12.7 Å². The topological polar surface area (TPSA) is 29.5 Å². The van der Waals surface area contributed by atoms with Crippen molar-refractivity contribution in [2.45, 2.75) is 19.3 Å². The van der Waals surface area contributed by atoms with Gasteiger partial charge in [-0.1, -0.05) is 42.5 Å². The molecule has 1 aromatic rings. The summed E-state index contributed by atoms with van der Waals surface area (Å²) in [5, 5.41) is 0. The summed E-state index contributed by atoms with van der Waals surface area (Å²) in [4.78, 5) is 14.0. The van der Waals surface area contributed by atoms with Crippen LogP contribution in [0.1, 0.15) is 24.8 Å². The number of methoxy groups -OCH3 is 1. The van der Waals surface area contributed by atoms with Crippen LogP contribution < -0.4 is 0 Å². The Morgan fingerprint density at radius 1 is 1.14 bits per heavy atom. The lowest BCUT2D eigenvalue weighted by atomic mass is 10.0. The third-order valence-corrected chi connectivity index (χ3v) is 3.65. The number of nitrogens with zero attached hydrogens (tertiary/aromatic N) is 1. The second-order valence-corrected chi connectivity index (χ2v) is 5.60. The van der Waals surface area contributed by atoms with E-state index in [2.05, 4.69) is 24.3 Å². The Hall–Kier alpha value is -2.29. The summed E-state index contributed by atoms with van der Waals surface area (Å²) < 4.78 is 4.94. The second-order valence-electron chi connectivity index (χ2n) is 5.60. The zero-order chi connectivity index (χ0) is 15.9. The highest BCUT2D eigenvalue weighted by atomic mass is 16.5. The monoisotopic (exact) mass is 297 g/mol. The molecule has 0 aliphatic heterocycles. The van der Waals surface area contributed by atoms with E-state index in [-0.39, 0.29) is 5.97 Å². The lowest BCUT2D eigenvalue weighted by molar-refractivity contribution is -0.135. The summed E-state index contributed by atoms with van der Waals surface area (Å²) in [5.41, 5.74) is 4.16. The van der Waals surface area contributed by atoms with E-state index in [1.54, 1.807) is 0 Å². The van der Waals surface area contributed by atoms with Gasteiger partial charge in [-0.15, -0.1) is 0 Å². The van der Waals surface area contributed by atoms with Crippen molar-refractivity contribution in [2.24, 2.45) is 0 Å². The van der Waals surface area contributed by atoms with Crippen LogP contribution in [0.25, 0.3) is 6.08 Å². The molecule has 0 aromatic heterocycles. The van der Waals surface area contributed by atoms with Crippen LogP contribution in [0.15, 0.2) is 59.3 Å². The highest BCUT2D eigenvalue weighted by molar-refractivity contribution is 5.94. The van der Waals surface area contributed by atoms with Crippen LogP contribution in [-0.2, 0) is 9.53 Å². The van der Waals surface area contributed by atoms with Crippen LogP contribution in [0, 0.1) is 0 Å². The smallest absolute Gasteiger partial charge is 0.339 e. The summed E-state index contributed by atoms with van der Waals surface area (Å²) >= 11 is 0. The quantitative estimate of drug-likeness (QED) is 0.611. The van der Waals surface area contributed by atoms with Crippen LogP contribution in [-0.4, -0.2) is 32.1 Å². The normalized spacial score (nSPS) is 15.5. The third-order valence-electron chi connectivity index (χ3n) is 3.65. The molecule has 0 saturated carbocycles. The van der Waals surface area contributed by atoms with Crippen molar-refractivity contribution in [3.63, 3.8) is 0 Å².